The third-order valence-electron chi connectivity index (χ3n) is 2.68. The van der Waals surface area contributed by atoms with Crippen LogP contribution in [0.3, 0.4) is 0 Å². The van der Waals surface area contributed by atoms with Gasteiger partial charge in [0.25, 0.3) is 5.91 Å². The van der Waals surface area contributed by atoms with Gasteiger partial charge in [0.1, 0.15) is 0 Å². The van der Waals surface area contributed by atoms with Gasteiger partial charge in [-0.1, -0.05) is 17.7 Å². The van der Waals surface area contributed by atoms with Crippen molar-refractivity contribution in [1.82, 2.24) is 0 Å². The average Bonchev–Trinajstić information content (AvgIpc) is 2.28. The molecule has 1 aliphatic rings. The van der Waals surface area contributed by atoms with Gasteiger partial charge in [-0.25, -0.2) is 0 Å². The van der Waals surface area contributed by atoms with E-state index in [9.17, 15) is 9.90 Å². The van der Waals surface area contributed by atoms with Gasteiger partial charge in [-0.2, -0.15) is 0 Å². The molecule has 0 aromatic heterocycles. The van der Waals surface area contributed by atoms with Crippen molar-refractivity contribution >= 4 is 11.6 Å². The van der Waals surface area contributed by atoms with Gasteiger partial charge in [0.15, 0.2) is 5.60 Å². The predicted octanol–water partition coefficient (Wildman–Crippen LogP) is 1.46. The van der Waals surface area contributed by atoms with Gasteiger partial charge >= 0.3 is 0 Å². The molecule has 2 N–H and O–H groups in total. The average molecular weight is 191 g/mol. The summed E-state index contributed by atoms with van der Waals surface area (Å²) in [5, 5.41) is 12.6. The van der Waals surface area contributed by atoms with Crippen LogP contribution in [0.2, 0.25) is 0 Å². The Morgan fingerprint density at radius 3 is 2.64 bits per heavy atom. The first-order chi connectivity index (χ1) is 6.43. The Balaban J connectivity index is 2.71. The number of rotatable bonds is 0. The van der Waals surface area contributed by atoms with Crippen molar-refractivity contribution in [2.75, 3.05) is 5.32 Å². The molecule has 1 aromatic rings. The second kappa shape index (κ2) is 2.58. The Morgan fingerprint density at radius 1 is 1.36 bits per heavy atom. The Bertz CT molecular complexity index is 422. The molecule has 0 bridgehead atoms. The topological polar surface area (TPSA) is 49.3 Å². The number of amides is 1. The largest absolute Gasteiger partial charge is 0.375 e. The van der Waals surface area contributed by atoms with Gasteiger partial charge in [0, 0.05) is 5.56 Å². The van der Waals surface area contributed by atoms with Crippen molar-refractivity contribution in [3.05, 3.63) is 28.8 Å². The van der Waals surface area contributed by atoms with E-state index in [0.717, 1.165) is 16.8 Å². The van der Waals surface area contributed by atoms with Crippen LogP contribution in [-0.4, -0.2) is 11.0 Å². The van der Waals surface area contributed by atoms with E-state index in [0.29, 0.717) is 5.56 Å². The lowest BCUT2D eigenvalue weighted by Crippen LogP contribution is -2.30. The molecule has 0 radical (unpaired) electrons. The number of fused-ring (bicyclic) bond motifs is 1. The molecular weight excluding hydrogens is 178 g/mol. The number of anilines is 1. The lowest BCUT2D eigenvalue weighted by atomic mass is 9.94. The highest BCUT2D eigenvalue weighted by Crippen LogP contribution is 2.38. The van der Waals surface area contributed by atoms with Crippen LogP contribution in [0.25, 0.3) is 0 Å². The molecule has 1 heterocycles. The van der Waals surface area contributed by atoms with Crippen LogP contribution in [0.1, 0.15) is 23.6 Å². The van der Waals surface area contributed by atoms with E-state index in [-0.39, 0.29) is 5.91 Å². The molecule has 1 aliphatic heterocycles. The molecule has 1 unspecified atom stereocenters. The fraction of sp³-hybridized carbons (Fsp3) is 0.364. The molecule has 3 nitrogen and oxygen atoms in total. The Morgan fingerprint density at radius 2 is 2.00 bits per heavy atom. The minimum Gasteiger partial charge on any atom is -0.375 e. The highest BCUT2D eigenvalue weighted by Gasteiger charge is 2.41. The standard InChI is InChI=1S/C11H13NO2/c1-6-4-7(2)9-8(5-6)11(3,14)10(13)12-9/h4-5,14H,1-3H3,(H,12,13). The first-order valence-corrected chi connectivity index (χ1v) is 4.58. The molecule has 0 fully saturated rings. The highest BCUT2D eigenvalue weighted by molar-refractivity contribution is 6.05. The van der Waals surface area contributed by atoms with Crippen molar-refractivity contribution in [3.8, 4) is 0 Å². The number of aryl methyl sites for hydroxylation is 2. The van der Waals surface area contributed by atoms with Gasteiger partial charge in [-0.3, -0.25) is 4.79 Å². The SMILES string of the molecule is Cc1cc(C)c2c(c1)C(C)(O)C(=O)N2. The molecule has 0 aliphatic carbocycles. The summed E-state index contributed by atoms with van der Waals surface area (Å²) in [6.45, 7) is 5.40. The van der Waals surface area contributed by atoms with Crippen molar-refractivity contribution in [3.63, 3.8) is 0 Å². The summed E-state index contributed by atoms with van der Waals surface area (Å²) >= 11 is 0. The maximum Gasteiger partial charge on any atom is 0.260 e. The molecule has 2 rings (SSSR count). The van der Waals surface area contributed by atoms with Crippen LogP contribution in [0, 0.1) is 13.8 Å². The van der Waals surface area contributed by atoms with E-state index in [1.807, 2.05) is 26.0 Å². The van der Waals surface area contributed by atoms with Gasteiger partial charge in [0.05, 0.1) is 5.69 Å². The number of hydrogen-bond donors (Lipinski definition) is 2. The molecule has 14 heavy (non-hydrogen) atoms. The quantitative estimate of drug-likeness (QED) is 0.652. The lowest BCUT2D eigenvalue weighted by Gasteiger charge is -2.14. The van der Waals surface area contributed by atoms with Gasteiger partial charge in [-0.15, -0.1) is 0 Å². The fourth-order valence-corrected chi connectivity index (χ4v) is 1.87. The maximum absolute atomic E-state index is 11.5. The van der Waals surface area contributed by atoms with Gasteiger partial charge in [-0.05, 0) is 26.3 Å². The second-order valence-electron chi connectivity index (χ2n) is 4.03. The van der Waals surface area contributed by atoms with Crippen LogP contribution < -0.4 is 5.32 Å². The molecule has 0 saturated carbocycles. The highest BCUT2D eigenvalue weighted by atomic mass is 16.3. The van der Waals surface area contributed by atoms with Crippen LogP contribution in [-0.2, 0) is 10.4 Å². The first kappa shape index (κ1) is 9.21. The zero-order valence-corrected chi connectivity index (χ0v) is 8.51. The summed E-state index contributed by atoms with van der Waals surface area (Å²) in [5.74, 6) is -0.346. The van der Waals surface area contributed by atoms with E-state index in [1.54, 1.807) is 0 Å². The van der Waals surface area contributed by atoms with Gasteiger partial charge in [0.2, 0.25) is 0 Å². The van der Waals surface area contributed by atoms with Crippen LogP contribution in [0.5, 0.6) is 0 Å². The summed E-state index contributed by atoms with van der Waals surface area (Å²) < 4.78 is 0. The minimum atomic E-state index is -1.38. The van der Waals surface area contributed by atoms with Crippen molar-refractivity contribution in [1.29, 1.82) is 0 Å². The third-order valence-corrected chi connectivity index (χ3v) is 2.68. The molecule has 0 spiro atoms. The zero-order valence-electron chi connectivity index (χ0n) is 8.51. The number of aliphatic hydroxyl groups is 1. The second-order valence-corrected chi connectivity index (χ2v) is 4.03. The van der Waals surface area contributed by atoms with E-state index < -0.39 is 5.60 Å². The third kappa shape index (κ3) is 1.06. The van der Waals surface area contributed by atoms with Crippen molar-refractivity contribution in [2.45, 2.75) is 26.4 Å². The summed E-state index contributed by atoms with van der Waals surface area (Å²) in [4.78, 5) is 11.5. The summed E-state index contributed by atoms with van der Waals surface area (Å²) in [6, 6.07) is 3.83. The Hall–Kier alpha value is -1.35. The van der Waals surface area contributed by atoms with Crippen molar-refractivity contribution in [2.24, 2.45) is 0 Å². The Kier molecular flexibility index (Phi) is 1.70. The van der Waals surface area contributed by atoms with E-state index in [1.165, 1.54) is 6.92 Å². The van der Waals surface area contributed by atoms with Gasteiger partial charge < -0.3 is 10.4 Å². The summed E-state index contributed by atoms with van der Waals surface area (Å²) in [7, 11) is 0. The number of carbonyl (C=O) groups excluding carboxylic acids is 1. The molecule has 1 amide bonds. The lowest BCUT2D eigenvalue weighted by molar-refractivity contribution is -0.131. The Labute approximate surface area is 82.8 Å². The van der Waals surface area contributed by atoms with E-state index in [2.05, 4.69) is 5.32 Å². The minimum absolute atomic E-state index is 0.346. The smallest absolute Gasteiger partial charge is 0.260 e. The molecule has 74 valence electrons. The normalized spacial score (nSPS) is 24.7. The number of carbonyl (C=O) groups is 1. The summed E-state index contributed by atoms with van der Waals surface area (Å²) in [5.41, 5.74) is 2.10. The predicted molar refractivity (Wildman–Crippen MR) is 54.1 cm³/mol. The first-order valence-electron chi connectivity index (χ1n) is 4.58. The maximum atomic E-state index is 11.5. The molecule has 0 saturated heterocycles. The van der Waals surface area contributed by atoms with E-state index in [4.69, 9.17) is 0 Å². The fourth-order valence-electron chi connectivity index (χ4n) is 1.87. The van der Waals surface area contributed by atoms with E-state index >= 15 is 0 Å². The van der Waals surface area contributed by atoms with Crippen LogP contribution >= 0.6 is 0 Å². The van der Waals surface area contributed by atoms with Crippen LogP contribution in [0.4, 0.5) is 5.69 Å². The number of hydrogen-bond acceptors (Lipinski definition) is 2. The molecule has 3 heteroatoms. The van der Waals surface area contributed by atoms with Crippen LogP contribution in [0.15, 0.2) is 12.1 Å². The number of nitrogens with one attached hydrogen (secondary N) is 1. The molecule has 1 aromatic carbocycles. The molecule has 1 atom stereocenters. The zero-order chi connectivity index (χ0) is 10.5. The summed E-state index contributed by atoms with van der Waals surface area (Å²) in [6.07, 6.45) is 0. The molecular formula is C11H13NO2. The number of benzene rings is 1. The van der Waals surface area contributed by atoms with Crippen molar-refractivity contribution < 1.29 is 9.90 Å². The monoisotopic (exact) mass is 191 g/mol.